The number of nitrogens with one attached hydrogen (secondary N) is 2. The summed E-state index contributed by atoms with van der Waals surface area (Å²) in [5.74, 6) is 0.449. The fourth-order valence-corrected chi connectivity index (χ4v) is 2.53. The van der Waals surface area contributed by atoms with Crippen LogP contribution in [0.25, 0.3) is 0 Å². The van der Waals surface area contributed by atoms with E-state index in [1.807, 2.05) is 51.1 Å². The Morgan fingerprint density at radius 1 is 0.917 bits per heavy atom. The van der Waals surface area contributed by atoms with Crippen LogP contribution in [0.2, 0.25) is 0 Å². The van der Waals surface area contributed by atoms with Gasteiger partial charge in [-0.05, 0) is 37.2 Å². The lowest BCUT2D eigenvalue weighted by Gasteiger charge is -2.24. The van der Waals surface area contributed by atoms with Crippen LogP contribution in [0.1, 0.15) is 53.0 Å². The summed E-state index contributed by atoms with van der Waals surface area (Å²) in [7, 11) is 0. The highest BCUT2D eigenvalue weighted by Crippen LogP contribution is 2.09. The summed E-state index contributed by atoms with van der Waals surface area (Å²) in [5, 5.41) is 5.92. The first-order valence-electron chi connectivity index (χ1n) is 8.93. The minimum Gasteiger partial charge on any atom is -0.352 e. The summed E-state index contributed by atoms with van der Waals surface area (Å²) < 4.78 is 0. The van der Waals surface area contributed by atoms with E-state index in [0.717, 1.165) is 18.4 Å². The van der Waals surface area contributed by atoms with Crippen LogP contribution < -0.4 is 10.6 Å². The molecule has 2 amide bonds. The lowest BCUT2D eigenvalue weighted by Crippen LogP contribution is -2.52. The first-order chi connectivity index (χ1) is 11.3. The molecule has 0 bridgehead atoms. The zero-order valence-corrected chi connectivity index (χ0v) is 15.6. The van der Waals surface area contributed by atoms with E-state index in [0.29, 0.717) is 12.3 Å². The molecule has 0 saturated heterocycles. The molecule has 2 N–H and O–H groups in total. The first-order valence-corrected chi connectivity index (χ1v) is 8.93. The van der Waals surface area contributed by atoms with Gasteiger partial charge in [0.2, 0.25) is 11.8 Å². The second kappa shape index (κ2) is 10.1. The molecule has 0 aliphatic carbocycles. The number of hydrogen-bond donors (Lipinski definition) is 2. The monoisotopic (exact) mass is 332 g/mol. The molecule has 0 heterocycles. The van der Waals surface area contributed by atoms with E-state index in [2.05, 4.69) is 24.5 Å². The maximum Gasteiger partial charge on any atom is 0.243 e. The number of amides is 2. The Morgan fingerprint density at radius 2 is 1.54 bits per heavy atom. The van der Waals surface area contributed by atoms with Crippen molar-refractivity contribution in [2.24, 2.45) is 11.8 Å². The van der Waals surface area contributed by atoms with Crippen LogP contribution in [0, 0.1) is 11.8 Å². The average Bonchev–Trinajstić information content (AvgIpc) is 2.51. The molecule has 0 saturated carbocycles. The molecule has 0 fully saturated rings. The molecule has 1 rings (SSSR count). The lowest BCUT2D eigenvalue weighted by atomic mass is 10.0. The van der Waals surface area contributed by atoms with Gasteiger partial charge >= 0.3 is 0 Å². The summed E-state index contributed by atoms with van der Waals surface area (Å²) in [6.45, 7) is 10.3. The van der Waals surface area contributed by atoms with Gasteiger partial charge in [0.1, 0.15) is 6.04 Å². The third-order valence-electron chi connectivity index (χ3n) is 4.04. The second-order valence-corrected chi connectivity index (χ2v) is 7.33. The van der Waals surface area contributed by atoms with Crippen LogP contribution in [0.3, 0.4) is 0 Å². The molecule has 4 heteroatoms. The van der Waals surface area contributed by atoms with Gasteiger partial charge in [-0.2, -0.15) is 0 Å². The third kappa shape index (κ3) is 7.62. The number of hydrogen-bond acceptors (Lipinski definition) is 2. The topological polar surface area (TPSA) is 58.2 Å². The summed E-state index contributed by atoms with van der Waals surface area (Å²) in [4.78, 5) is 24.7. The summed E-state index contributed by atoms with van der Waals surface area (Å²) >= 11 is 0. The molecule has 4 nitrogen and oxygen atoms in total. The highest BCUT2D eigenvalue weighted by molar-refractivity contribution is 5.88. The Balaban J connectivity index is 2.56. The molecule has 0 aliphatic heterocycles. The Labute approximate surface area is 146 Å². The maximum absolute atomic E-state index is 12.5. The fraction of sp³-hybridized carbons (Fsp3) is 0.600. The number of benzene rings is 1. The highest BCUT2D eigenvalue weighted by atomic mass is 16.2. The number of rotatable bonds is 9. The standard InChI is InChI=1S/C20H32N2O2/c1-14(2)11-12-16(5)21-20(24)19(15(3)4)22-18(23)13-17-9-7-6-8-10-17/h6-10,14-16,19H,11-13H2,1-5H3,(H,21,24)(H,22,23). The van der Waals surface area contributed by atoms with Gasteiger partial charge in [-0.3, -0.25) is 9.59 Å². The highest BCUT2D eigenvalue weighted by Gasteiger charge is 2.25. The van der Waals surface area contributed by atoms with Gasteiger partial charge in [0.05, 0.1) is 6.42 Å². The molecule has 1 aromatic carbocycles. The van der Waals surface area contributed by atoms with Crippen LogP contribution in [-0.4, -0.2) is 23.9 Å². The van der Waals surface area contributed by atoms with Gasteiger partial charge in [-0.25, -0.2) is 0 Å². The van der Waals surface area contributed by atoms with Crippen LogP contribution >= 0.6 is 0 Å². The molecule has 1 aromatic rings. The fourth-order valence-electron chi connectivity index (χ4n) is 2.53. The normalized spacial score (nSPS) is 13.6. The largest absolute Gasteiger partial charge is 0.352 e. The van der Waals surface area contributed by atoms with E-state index in [1.54, 1.807) is 0 Å². The van der Waals surface area contributed by atoms with Crippen LogP contribution in [0.5, 0.6) is 0 Å². The predicted molar refractivity (Wildman–Crippen MR) is 98.6 cm³/mol. The smallest absolute Gasteiger partial charge is 0.243 e. The van der Waals surface area contributed by atoms with Crippen molar-refractivity contribution >= 4 is 11.8 Å². The first kappa shape index (κ1) is 20.2. The second-order valence-electron chi connectivity index (χ2n) is 7.33. The van der Waals surface area contributed by atoms with Crippen molar-refractivity contribution in [3.63, 3.8) is 0 Å². The van der Waals surface area contributed by atoms with Crippen molar-refractivity contribution in [1.29, 1.82) is 0 Å². The molecule has 134 valence electrons. The Morgan fingerprint density at radius 3 is 2.08 bits per heavy atom. The zero-order chi connectivity index (χ0) is 18.1. The third-order valence-corrected chi connectivity index (χ3v) is 4.04. The van der Waals surface area contributed by atoms with Crippen LogP contribution in [0.4, 0.5) is 0 Å². The van der Waals surface area contributed by atoms with Crippen molar-refractivity contribution in [2.75, 3.05) is 0 Å². The van der Waals surface area contributed by atoms with E-state index in [9.17, 15) is 9.59 Å². The predicted octanol–water partition coefficient (Wildman–Crippen LogP) is 3.31. The van der Waals surface area contributed by atoms with Crippen molar-refractivity contribution in [1.82, 2.24) is 10.6 Å². The molecule has 2 unspecified atom stereocenters. The van der Waals surface area contributed by atoms with Gasteiger partial charge in [0.15, 0.2) is 0 Å². The van der Waals surface area contributed by atoms with Crippen molar-refractivity contribution in [3.8, 4) is 0 Å². The van der Waals surface area contributed by atoms with Gasteiger partial charge in [-0.15, -0.1) is 0 Å². The van der Waals surface area contributed by atoms with Crippen LogP contribution in [-0.2, 0) is 16.0 Å². The van der Waals surface area contributed by atoms with E-state index in [1.165, 1.54) is 0 Å². The van der Waals surface area contributed by atoms with E-state index >= 15 is 0 Å². The van der Waals surface area contributed by atoms with Crippen molar-refractivity contribution in [2.45, 2.75) is 66.0 Å². The van der Waals surface area contributed by atoms with Crippen molar-refractivity contribution < 1.29 is 9.59 Å². The van der Waals surface area contributed by atoms with Gasteiger partial charge in [0.25, 0.3) is 0 Å². The van der Waals surface area contributed by atoms with E-state index in [4.69, 9.17) is 0 Å². The Hall–Kier alpha value is -1.84. The molecule has 0 aromatic heterocycles. The molecule has 0 aliphatic rings. The minimum absolute atomic E-state index is 0.0435. The van der Waals surface area contributed by atoms with Gasteiger partial charge < -0.3 is 10.6 Å². The Kier molecular flexibility index (Phi) is 8.51. The number of carbonyl (C=O) groups is 2. The molecule has 2 atom stereocenters. The Bertz CT molecular complexity index is 512. The molecule has 0 radical (unpaired) electrons. The maximum atomic E-state index is 12.5. The zero-order valence-electron chi connectivity index (χ0n) is 15.6. The summed E-state index contributed by atoms with van der Waals surface area (Å²) in [6, 6.07) is 9.19. The minimum atomic E-state index is -0.497. The van der Waals surface area contributed by atoms with Crippen molar-refractivity contribution in [3.05, 3.63) is 35.9 Å². The molecule has 24 heavy (non-hydrogen) atoms. The van der Waals surface area contributed by atoms with Gasteiger partial charge in [0, 0.05) is 6.04 Å². The lowest BCUT2D eigenvalue weighted by molar-refractivity contribution is -0.130. The molecular formula is C20H32N2O2. The quantitative estimate of drug-likeness (QED) is 0.729. The number of carbonyl (C=O) groups excluding carboxylic acids is 2. The SMILES string of the molecule is CC(C)CCC(C)NC(=O)C(NC(=O)Cc1ccccc1)C(C)C. The summed E-state index contributed by atoms with van der Waals surface area (Å²) in [5.41, 5.74) is 0.947. The van der Waals surface area contributed by atoms with E-state index < -0.39 is 6.04 Å². The summed E-state index contributed by atoms with van der Waals surface area (Å²) in [6.07, 6.45) is 2.32. The van der Waals surface area contributed by atoms with E-state index in [-0.39, 0.29) is 23.8 Å². The van der Waals surface area contributed by atoms with Crippen LogP contribution in [0.15, 0.2) is 30.3 Å². The average molecular weight is 332 g/mol. The molecular weight excluding hydrogens is 300 g/mol. The molecule has 0 spiro atoms. The van der Waals surface area contributed by atoms with Gasteiger partial charge in [-0.1, -0.05) is 58.0 Å².